The summed E-state index contributed by atoms with van der Waals surface area (Å²) in [5.41, 5.74) is 4.95. The van der Waals surface area contributed by atoms with Gasteiger partial charge in [-0.15, -0.1) is 5.10 Å². The first-order chi connectivity index (χ1) is 12.6. The van der Waals surface area contributed by atoms with Crippen molar-refractivity contribution < 1.29 is 5.11 Å². The highest BCUT2D eigenvalue weighted by molar-refractivity contribution is 5.47. The molecule has 1 fully saturated rings. The van der Waals surface area contributed by atoms with Gasteiger partial charge in [0.15, 0.2) is 5.65 Å². The molecule has 0 unspecified atom stereocenters. The topological polar surface area (TPSA) is 84.4 Å². The van der Waals surface area contributed by atoms with E-state index in [1.807, 2.05) is 28.5 Å². The number of aromatic nitrogens is 6. The number of nitrogens with zero attached hydrogens (tertiary/aromatic N) is 7. The number of piperidine rings is 1. The number of hydrogen-bond donors (Lipinski definition) is 1. The Bertz CT molecular complexity index is 892. The van der Waals surface area contributed by atoms with Gasteiger partial charge in [0, 0.05) is 30.0 Å². The molecule has 4 rings (SSSR count). The minimum atomic E-state index is -0.0505. The summed E-state index contributed by atoms with van der Waals surface area (Å²) in [5, 5.41) is 21.6. The third-order valence-electron chi connectivity index (χ3n) is 5.15. The summed E-state index contributed by atoms with van der Waals surface area (Å²) in [6, 6.07) is 2.06. The number of aliphatic hydroxyl groups excluding tert-OH is 1. The summed E-state index contributed by atoms with van der Waals surface area (Å²) in [6.45, 7) is 7.94. The highest BCUT2D eigenvalue weighted by Gasteiger charge is 2.21. The highest BCUT2D eigenvalue weighted by Crippen LogP contribution is 2.22. The number of aryl methyl sites for hydroxylation is 2. The van der Waals surface area contributed by atoms with E-state index in [0.717, 1.165) is 56.1 Å². The Kier molecular flexibility index (Phi) is 4.69. The molecule has 0 bridgehead atoms. The molecule has 1 aliphatic rings. The van der Waals surface area contributed by atoms with Crippen molar-refractivity contribution in [1.82, 2.24) is 34.5 Å². The van der Waals surface area contributed by atoms with Crippen LogP contribution < -0.4 is 0 Å². The molecule has 0 saturated carbocycles. The largest absolute Gasteiger partial charge is 0.390 e. The van der Waals surface area contributed by atoms with Gasteiger partial charge >= 0.3 is 0 Å². The van der Waals surface area contributed by atoms with E-state index in [9.17, 15) is 0 Å². The van der Waals surface area contributed by atoms with E-state index in [1.165, 1.54) is 5.56 Å². The molecule has 0 amide bonds. The quantitative estimate of drug-likeness (QED) is 0.744. The van der Waals surface area contributed by atoms with Gasteiger partial charge in [0.25, 0.3) is 0 Å². The van der Waals surface area contributed by atoms with Crippen LogP contribution in [0.4, 0.5) is 0 Å². The first-order valence-corrected chi connectivity index (χ1v) is 9.15. The Morgan fingerprint density at radius 1 is 1.23 bits per heavy atom. The second kappa shape index (κ2) is 7.13. The predicted molar refractivity (Wildman–Crippen MR) is 96.4 cm³/mol. The van der Waals surface area contributed by atoms with Gasteiger partial charge in [-0.3, -0.25) is 9.58 Å². The van der Waals surface area contributed by atoms with E-state index in [0.29, 0.717) is 11.6 Å². The summed E-state index contributed by atoms with van der Waals surface area (Å²) in [7, 11) is 0. The first kappa shape index (κ1) is 17.1. The van der Waals surface area contributed by atoms with E-state index in [-0.39, 0.29) is 6.61 Å². The zero-order chi connectivity index (χ0) is 18.1. The van der Waals surface area contributed by atoms with Gasteiger partial charge in [0.1, 0.15) is 5.69 Å². The van der Waals surface area contributed by atoms with Crippen molar-refractivity contribution in [2.45, 2.75) is 46.4 Å². The van der Waals surface area contributed by atoms with Gasteiger partial charge in [0.2, 0.25) is 0 Å². The lowest BCUT2D eigenvalue weighted by Crippen LogP contribution is -2.34. The van der Waals surface area contributed by atoms with Gasteiger partial charge in [-0.25, -0.2) is 9.50 Å². The van der Waals surface area contributed by atoms with Crippen LogP contribution in [0.15, 0.2) is 18.5 Å². The van der Waals surface area contributed by atoms with E-state index in [2.05, 4.69) is 38.3 Å². The van der Waals surface area contributed by atoms with Crippen LogP contribution in [-0.4, -0.2) is 52.7 Å². The van der Waals surface area contributed by atoms with Crippen molar-refractivity contribution in [3.63, 3.8) is 0 Å². The Morgan fingerprint density at radius 2 is 2.04 bits per heavy atom. The average molecular weight is 355 g/mol. The van der Waals surface area contributed by atoms with Crippen molar-refractivity contribution in [3.05, 3.63) is 41.1 Å². The Balaban J connectivity index is 1.37. The molecule has 3 aromatic heterocycles. The second-order valence-corrected chi connectivity index (χ2v) is 7.25. The van der Waals surface area contributed by atoms with Crippen LogP contribution in [0.2, 0.25) is 0 Å². The SMILES string of the molecule is Cc1cc(C)n2ncc(CN3CCC(Cn4cc(CO)nn4)CC3)c2n1. The maximum absolute atomic E-state index is 9.09. The van der Waals surface area contributed by atoms with E-state index in [1.54, 1.807) is 0 Å². The lowest BCUT2D eigenvalue weighted by molar-refractivity contribution is 0.164. The monoisotopic (exact) mass is 355 g/mol. The van der Waals surface area contributed by atoms with E-state index in [4.69, 9.17) is 5.11 Å². The van der Waals surface area contributed by atoms with Crippen molar-refractivity contribution in [3.8, 4) is 0 Å². The third kappa shape index (κ3) is 3.47. The molecule has 1 aliphatic heterocycles. The first-order valence-electron chi connectivity index (χ1n) is 9.15. The molecule has 0 atom stereocenters. The molecule has 4 heterocycles. The van der Waals surface area contributed by atoms with Gasteiger partial charge in [-0.1, -0.05) is 5.21 Å². The van der Waals surface area contributed by atoms with E-state index >= 15 is 0 Å². The standard InChI is InChI=1S/C18H25N7O/c1-13-7-14(2)25-18(20-13)16(8-19-25)10-23-5-3-15(4-6-23)9-24-11-17(12-26)21-22-24/h7-8,11,15,26H,3-6,9-10,12H2,1-2H3. The molecule has 0 aliphatic carbocycles. The summed E-state index contributed by atoms with van der Waals surface area (Å²) in [6.07, 6.45) is 6.06. The smallest absolute Gasteiger partial charge is 0.159 e. The number of likely N-dealkylation sites (tertiary alicyclic amines) is 1. The van der Waals surface area contributed by atoms with Gasteiger partial charge in [-0.2, -0.15) is 5.10 Å². The fraction of sp³-hybridized carbons (Fsp3) is 0.556. The zero-order valence-electron chi connectivity index (χ0n) is 15.3. The summed E-state index contributed by atoms with van der Waals surface area (Å²) < 4.78 is 3.78. The van der Waals surface area contributed by atoms with Crippen LogP contribution in [0.25, 0.3) is 5.65 Å². The maximum atomic E-state index is 9.09. The maximum Gasteiger partial charge on any atom is 0.159 e. The number of rotatable bonds is 5. The second-order valence-electron chi connectivity index (χ2n) is 7.25. The molecule has 1 N–H and O–H groups in total. The fourth-order valence-electron chi connectivity index (χ4n) is 3.76. The lowest BCUT2D eigenvalue weighted by atomic mass is 9.96. The molecule has 138 valence electrons. The van der Waals surface area contributed by atoms with Crippen LogP contribution in [-0.2, 0) is 19.7 Å². The predicted octanol–water partition coefficient (Wildman–Crippen LogP) is 1.34. The van der Waals surface area contributed by atoms with Crippen molar-refractivity contribution >= 4 is 5.65 Å². The van der Waals surface area contributed by atoms with Crippen molar-refractivity contribution in [2.24, 2.45) is 5.92 Å². The number of aliphatic hydroxyl groups is 1. The molecule has 1 saturated heterocycles. The molecule has 3 aromatic rings. The minimum absolute atomic E-state index is 0.0505. The molecule has 0 spiro atoms. The molecular formula is C18H25N7O. The summed E-state index contributed by atoms with van der Waals surface area (Å²) in [5.74, 6) is 0.603. The number of hydrogen-bond acceptors (Lipinski definition) is 6. The molecule has 0 radical (unpaired) electrons. The fourth-order valence-corrected chi connectivity index (χ4v) is 3.76. The lowest BCUT2D eigenvalue weighted by Gasteiger charge is -2.31. The van der Waals surface area contributed by atoms with Gasteiger partial charge < -0.3 is 5.11 Å². The third-order valence-corrected chi connectivity index (χ3v) is 5.15. The van der Waals surface area contributed by atoms with Crippen molar-refractivity contribution in [1.29, 1.82) is 0 Å². The highest BCUT2D eigenvalue weighted by atomic mass is 16.3. The van der Waals surface area contributed by atoms with Gasteiger partial charge in [0.05, 0.1) is 19.0 Å². The van der Waals surface area contributed by atoms with Crippen LogP contribution in [0, 0.1) is 19.8 Å². The molecule has 0 aromatic carbocycles. The normalized spacial score (nSPS) is 16.6. The molecule has 8 heteroatoms. The average Bonchev–Trinajstić information content (AvgIpc) is 3.24. The molecular weight excluding hydrogens is 330 g/mol. The molecule has 8 nitrogen and oxygen atoms in total. The zero-order valence-corrected chi connectivity index (χ0v) is 15.3. The van der Waals surface area contributed by atoms with E-state index < -0.39 is 0 Å². The van der Waals surface area contributed by atoms with Crippen LogP contribution in [0.1, 0.15) is 35.5 Å². The van der Waals surface area contributed by atoms with Crippen LogP contribution in [0.5, 0.6) is 0 Å². The summed E-state index contributed by atoms with van der Waals surface area (Å²) >= 11 is 0. The summed E-state index contributed by atoms with van der Waals surface area (Å²) in [4.78, 5) is 7.16. The van der Waals surface area contributed by atoms with Crippen molar-refractivity contribution in [2.75, 3.05) is 13.1 Å². The Hall–Kier alpha value is -2.32. The molecule has 26 heavy (non-hydrogen) atoms. The van der Waals surface area contributed by atoms with Crippen LogP contribution >= 0.6 is 0 Å². The number of fused-ring (bicyclic) bond motifs is 1. The Morgan fingerprint density at radius 3 is 2.77 bits per heavy atom. The van der Waals surface area contributed by atoms with Gasteiger partial charge in [-0.05, 0) is 51.8 Å². The Labute approximate surface area is 152 Å². The minimum Gasteiger partial charge on any atom is -0.390 e. The van der Waals surface area contributed by atoms with Crippen LogP contribution in [0.3, 0.4) is 0 Å².